The van der Waals surface area contributed by atoms with Gasteiger partial charge >= 0.3 is 0 Å². The van der Waals surface area contributed by atoms with Gasteiger partial charge in [-0.1, -0.05) is 56.3 Å². The minimum atomic E-state index is -0.909. The third-order valence-corrected chi connectivity index (χ3v) is 8.95. The van der Waals surface area contributed by atoms with Crippen molar-refractivity contribution in [3.05, 3.63) is 65.2 Å². The summed E-state index contributed by atoms with van der Waals surface area (Å²) in [7, 11) is 1.49. The van der Waals surface area contributed by atoms with Crippen molar-refractivity contribution < 1.29 is 24.0 Å². The van der Waals surface area contributed by atoms with E-state index in [1.165, 1.54) is 28.2 Å². The van der Waals surface area contributed by atoms with E-state index in [9.17, 15) is 24.0 Å². The van der Waals surface area contributed by atoms with E-state index in [-0.39, 0.29) is 50.2 Å². The number of hydrogen-bond acceptors (Lipinski definition) is 7. The largest absolute Gasteiger partial charge is 0.354 e. The highest BCUT2D eigenvalue weighted by Gasteiger charge is 2.33. The molecule has 1 aliphatic heterocycles. The van der Waals surface area contributed by atoms with Gasteiger partial charge in [0.05, 0.1) is 21.8 Å². The molecule has 0 bridgehead atoms. The number of thiazole rings is 1. The van der Waals surface area contributed by atoms with Crippen LogP contribution in [-0.4, -0.2) is 89.1 Å². The number of carbonyl (C=O) groups is 5. The summed E-state index contributed by atoms with van der Waals surface area (Å²) in [5.74, 6) is -2.26. The summed E-state index contributed by atoms with van der Waals surface area (Å²) in [6.45, 7) is 5.41. The minimum Gasteiger partial charge on any atom is -0.354 e. The lowest BCUT2D eigenvalue weighted by Crippen LogP contribution is -2.57. The summed E-state index contributed by atoms with van der Waals surface area (Å²) in [6, 6.07) is 14.5. The van der Waals surface area contributed by atoms with Crippen molar-refractivity contribution in [3.63, 3.8) is 0 Å². The molecule has 1 aromatic heterocycles. The number of aromatic nitrogens is 1. The number of nitrogens with one attached hydrogen (secondary N) is 3. The van der Waals surface area contributed by atoms with Crippen LogP contribution in [0.25, 0.3) is 10.2 Å². The second-order valence-electron chi connectivity index (χ2n) is 11.7. The molecule has 45 heavy (non-hydrogen) atoms. The molecule has 1 fully saturated rings. The van der Waals surface area contributed by atoms with Crippen LogP contribution in [0.2, 0.25) is 0 Å². The molecule has 0 saturated carbocycles. The quantitative estimate of drug-likeness (QED) is 0.380. The Kier molecular flexibility index (Phi) is 11.6. The highest BCUT2D eigenvalue weighted by molar-refractivity contribution is 7.18. The Morgan fingerprint density at radius 3 is 2.42 bits per heavy atom. The average molecular weight is 635 g/mol. The molecule has 1 aliphatic rings. The van der Waals surface area contributed by atoms with E-state index in [4.69, 9.17) is 0 Å². The smallest absolute Gasteiger partial charge is 0.245 e. The number of amides is 5. The molecule has 3 N–H and O–H groups in total. The molecule has 2 heterocycles. The Balaban J connectivity index is 1.53. The molecule has 240 valence electrons. The Morgan fingerprint density at radius 2 is 1.71 bits per heavy atom. The summed E-state index contributed by atoms with van der Waals surface area (Å²) in [5, 5.41) is 9.32. The van der Waals surface area contributed by atoms with Crippen LogP contribution in [0.5, 0.6) is 0 Å². The van der Waals surface area contributed by atoms with Gasteiger partial charge in [0, 0.05) is 39.4 Å². The first-order valence-electron chi connectivity index (χ1n) is 15.3. The molecule has 4 rings (SSSR count). The Labute approximate surface area is 267 Å². The van der Waals surface area contributed by atoms with Crippen LogP contribution in [0.1, 0.15) is 44.2 Å². The number of rotatable bonds is 6. The van der Waals surface area contributed by atoms with Gasteiger partial charge in [-0.2, -0.15) is 0 Å². The van der Waals surface area contributed by atoms with Gasteiger partial charge < -0.3 is 25.8 Å². The van der Waals surface area contributed by atoms with E-state index >= 15 is 0 Å². The van der Waals surface area contributed by atoms with Crippen LogP contribution in [-0.2, 0) is 36.8 Å². The first-order valence-corrected chi connectivity index (χ1v) is 16.2. The fourth-order valence-corrected chi connectivity index (χ4v) is 6.23. The lowest BCUT2D eigenvalue weighted by Gasteiger charge is -2.32. The van der Waals surface area contributed by atoms with Gasteiger partial charge in [0.1, 0.15) is 18.1 Å². The first kappa shape index (κ1) is 33.6. The molecular weight excluding hydrogens is 592 g/mol. The monoisotopic (exact) mass is 634 g/mol. The molecular formula is C33H42N6O5S. The standard InChI is InChI=1S/C33H42N6O5S/c1-21(2)30-33(44)38(4)20-27(40)35-25(19-23-11-6-5-7-12-23)32(43)34-17-10-18-39(22(3)31(42)37-30)29(41)16-15-28-36-24-13-8-9-14-26(24)45-28/h5-9,11-14,21-22,25,30H,10,15-20H2,1-4H3,(H,34,43)(H,35,40)(H,37,42)/t22-,25+,30+/m1/s1. The zero-order chi connectivity index (χ0) is 32.5. The molecule has 0 radical (unpaired) electrons. The molecule has 0 unspecified atom stereocenters. The molecule has 5 amide bonds. The Hall–Kier alpha value is -4.32. The third kappa shape index (κ3) is 9.10. The second-order valence-corrected chi connectivity index (χ2v) is 12.8. The summed E-state index contributed by atoms with van der Waals surface area (Å²) in [4.78, 5) is 74.1. The molecule has 12 heteroatoms. The number of likely N-dealkylation sites (N-methyl/N-ethyl adjacent to an activating group) is 1. The lowest BCUT2D eigenvalue weighted by molar-refractivity contribution is -0.143. The Bertz CT molecular complexity index is 1480. The maximum Gasteiger partial charge on any atom is 0.245 e. The first-order chi connectivity index (χ1) is 21.5. The van der Waals surface area contributed by atoms with Gasteiger partial charge in [-0.15, -0.1) is 11.3 Å². The predicted octanol–water partition coefficient (Wildman–Crippen LogP) is 2.29. The van der Waals surface area contributed by atoms with Crippen LogP contribution >= 0.6 is 11.3 Å². The Morgan fingerprint density at radius 1 is 1.00 bits per heavy atom. The van der Waals surface area contributed by atoms with E-state index < -0.39 is 35.8 Å². The van der Waals surface area contributed by atoms with E-state index in [1.54, 1.807) is 20.8 Å². The van der Waals surface area contributed by atoms with Gasteiger partial charge in [-0.25, -0.2) is 4.98 Å². The van der Waals surface area contributed by atoms with Crippen molar-refractivity contribution in [1.29, 1.82) is 0 Å². The summed E-state index contributed by atoms with van der Waals surface area (Å²) in [5.41, 5.74) is 1.76. The van der Waals surface area contributed by atoms with E-state index in [0.29, 0.717) is 12.8 Å². The predicted molar refractivity (Wildman–Crippen MR) is 173 cm³/mol. The van der Waals surface area contributed by atoms with Crippen LogP contribution < -0.4 is 16.0 Å². The van der Waals surface area contributed by atoms with E-state index in [1.807, 2.05) is 54.6 Å². The molecule has 0 aliphatic carbocycles. The number of fused-ring (bicyclic) bond motifs is 1. The highest BCUT2D eigenvalue weighted by atomic mass is 32.1. The van der Waals surface area contributed by atoms with Crippen molar-refractivity contribution in [2.75, 3.05) is 26.7 Å². The summed E-state index contributed by atoms with van der Waals surface area (Å²) < 4.78 is 1.05. The fraction of sp³-hybridized carbons (Fsp3) is 0.455. The number of benzene rings is 2. The lowest BCUT2D eigenvalue weighted by atomic mass is 10.0. The zero-order valence-electron chi connectivity index (χ0n) is 26.2. The number of hydrogen-bond donors (Lipinski definition) is 3. The topological polar surface area (TPSA) is 141 Å². The molecule has 1 saturated heterocycles. The fourth-order valence-electron chi connectivity index (χ4n) is 5.26. The van der Waals surface area contributed by atoms with Crippen molar-refractivity contribution in [2.24, 2.45) is 5.92 Å². The van der Waals surface area contributed by atoms with Crippen LogP contribution in [0.4, 0.5) is 0 Å². The number of carbonyl (C=O) groups excluding carboxylic acids is 5. The van der Waals surface area contributed by atoms with Gasteiger partial charge in [0.25, 0.3) is 0 Å². The highest BCUT2D eigenvalue weighted by Crippen LogP contribution is 2.23. The maximum atomic E-state index is 13.6. The van der Waals surface area contributed by atoms with Crippen molar-refractivity contribution in [2.45, 2.75) is 64.6 Å². The number of aryl methyl sites for hydroxylation is 1. The van der Waals surface area contributed by atoms with Crippen molar-refractivity contribution >= 4 is 51.1 Å². The van der Waals surface area contributed by atoms with Gasteiger partial charge in [-0.3, -0.25) is 24.0 Å². The number of nitrogens with zero attached hydrogens (tertiary/aromatic N) is 3. The molecule has 3 aromatic rings. The normalized spacial score (nSPS) is 21.0. The zero-order valence-corrected chi connectivity index (χ0v) is 27.1. The van der Waals surface area contributed by atoms with Crippen molar-refractivity contribution in [3.8, 4) is 0 Å². The van der Waals surface area contributed by atoms with E-state index in [2.05, 4.69) is 20.9 Å². The van der Waals surface area contributed by atoms with E-state index in [0.717, 1.165) is 20.8 Å². The maximum absolute atomic E-state index is 13.6. The molecule has 3 atom stereocenters. The molecule has 11 nitrogen and oxygen atoms in total. The van der Waals surface area contributed by atoms with Gasteiger partial charge in [0.15, 0.2) is 0 Å². The van der Waals surface area contributed by atoms with Crippen LogP contribution in [0.15, 0.2) is 54.6 Å². The number of para-hydroxylation sites is 1. The average Bonchev–Trinajstić information content (AvgIpc) is 3.44. The molecule has 2 aromatic carbocycles. The van der Waals surface area contributed by atoms with Gasteiger partial charge in [-0.05, 0) is 37.0 Å². The van der Waals surface area contributed by atoms with Gasteiger partial charge in [0.2, 0.25) is 29.5 Å². The second kappa shape index (κ2) is 15.6. The molecule has 0 spiro atoms. The summed E-state index contributed by atoms with van der Waals surface area (Å²) in [6.07, 6.45) is 1.24. The third-order valence-electron chi connectivity index (χ3n) is 7.86. The van der Waals surface area contributed by atoms with Crippen LogP contribution in [0.3, 0.4) is 0 Å². The SMILES string of the molecule is CC(C)[C@@H]1NC(=O)[C@@H](C)N(C(=O)CCc2nc3ccccc3s2)CCCNC(=O)[C@H](Cc2ccccc2)NC(=O)CN(C)C1=O. The summed E-state index contributed by atoms with van der Waals surface area (Å²) >= 11 is 1.54. The minimum absolute atomic E-state index is 0.157. The van der Waals surface area contributed by atoms with Crippen molar-refractivity contribution in [1.82, 2.24) is 30.7 Å². The van der Waals surface area contributed by atoms with Crippen LogP contribution in [0, 0.1) is 5.92 Å².